The van der Waals surface area contributed by atoms with Crippen LogP contribution in [0.15, 0.2) is 102 Å². The van der Waals surface area contributed by atoms with Gasteiger partial charge in [-0.2, -0.15) is 0 Å². The van der Waals surface area contributed by atoms with Crippen molar-refractivity contribution in [3.05, 3.63) is 107 Å². The topological polar surface area (TPSA) is 87.7 Å². The molecule has 0 bridgehead atoms. The van der Waals surface area contributed by atoms with E-state index in [1.165, 1.54) is 7.11 Å². The summed E-state index contributed by atoms with van der Waals surface area (Å²) in [6.07, 6.45) is 0. The Morgan fingerprint density at radius 2 is 1.58 bits per heavy atom. The Kier molecular flexibility index (Phi) is 6.14. The Labute approximate surface area is 211 Å². The Morgan fingerprint density at radius 3 is 2.42 bits per heavy atom. The van der Waals surface area contributed by atoms with Gasteiger partial charge in [-0.1, -0.05) is 66.2 Å². The molecule has 178 valence electrons. The monoisotopic (exact) mass is 497 g/mol. The number of amides is 3. The minimum atomic E-state index is -0.668. The number of rotatable bonds is 6. The van der Waals surface area contributed by atoms with Crippen molar-refractivity contribution in [1.29, 1.82) is 0 Å². The number of hydrogen-bond acceptors (Lipinski definition) is 5. The van der Waals surface area contributed by atoms with Crippen LogP contribution in [0.1, 0.15) is 10.4 Å². The lowest BCUT2D eigenvalue weighted by molar-refractivity contribution is -0.120. The summed E-state index contributed by atoms with van der Waals surface area (Å²) < 4.78 is 5.29. The summed E-state index contributed by atoms with van der Waals surface area (Å²) >= 11 is 6.26. The summed E-state index contributed by atoms with van der Waals surface area (Å²) in [7, 11) is 1.45. The fraction of sp³-hybridized carbons (Fsp3) is 0.0357. The third kappa shape index (κ3) is 4.16. The van der Waals surface area contributed by atoms with Crippen LogP contribution in [-0.2, 0) is 9.59 Å². The van der Waals surface area contributed by atoms with Crippen LogP contribution in [-0.4, -0.2) is 24.8 Å². The number of carbonyl (C=O) groups is 3. The average molecular weight is 498 g/mol. The van der Waals surface area contributed by atoms with E-state index >= 15 is 0 Å². The lowest BCUT2D eigenvalue weighted by Crippen LogP contribution is -2.32. The predicted molar refractivity (Wildman–Crippen MR) is 140 cm³/mol. The molecule has 1 heterocycles. The minimum Gasteiger partial charge on any atom is -0.495 e. The molecule has 0 saturated heterocycles. The second-order valence-electron chi connectivity index (χ2n) is 7.99. The number of nitrogens with zero attached hydrogens (tertiary/aromatic N) is 1. The highest BCUT2D eigenvalue weighted by Gasteiger charge is 2.40. The normalized spacial score (nSPS) is 13.3. The molecule has 0 aliphatic carbocycles. The Bertz CT molecular complexity index is 1560. The third-order valence-corrected chi connectivity index (χ3v) is 6.14. The third-order valence-electron chi connectivity index (χ3n) is 5.79. The van der Waals surface area contributed by atoms with Crippen LogP contribution in [0.5, 0.6) is 5.75 Å². The van der Waals surface area contributed by atoms with E-state index in [0.717, 1.165) is 15.7 Å². The average Bonchev–Trinajstić information content (AvgIpc) is 3.11. The molecule has 0 unspecified atom stereocenters. The molecule has 8 heteroatoms. The van der Waals surface area contributed by atoms with Crippen molar-refractivity contribution in [3.8, 4) is 5.75 Å². The standard InChI is InChI=1S/C28H20ClN3O4/c1-36-23-15-5-4-14-22(23)32-27(34)24(29)25(28(32)35)30-19-11-6-10-18(16-19)26(33)31-21-13-7-9-17-8-2-3-12-20(17)21/h2-16,30H,1H3,(H,31,33). The second kappa shape index (κ2) is 9.56. The van der Waals surface area contributed by atoms with Gasteiger partial charge in [-0.05, 0) is 41.8 Å². The van der Waals surface area contributed by atoms with Crippen LogP contribution in [0.2, 0.25) is 0 Å². The molecule has 4 aromatic carbocycles. The van der Waals surface area contributed by atoms with Gasteiger partial charge in [0.15, 0.2) is 0 Å². The summed E-state index contributed by atoms with van der Waals surface area (Å²) in [5.41, 5.74) is 1.68. The quantitative estimate of drug-likeness (QED) is 0.342. The summed E-state index contributed by atoms with van der Waals surface area (Å²) in [6, 6.07) is 26.7. The zero-order chi connectivity index (χ0) is 25.2. The SMILES string of the molecule is COc1ccccc1N1C(=O)C(Cl)=C(Nc2cccc(C(=O)Nc3cccc4ccccc34)c2)C1=O. The van der Waals surface area contributed by atoms with E-state index in [2.05, 4.69) is 10.6 Å². The smallest absolute Gasteiger partial charge is 0.283 e. The van der Waals surface area contributed by atoms with Gasteiger partial charge in [-0.3, -0.25) is 14.4 Å². The fourth-order valence-electron chi connectivity index (χ4n) is 4.06. The Morgan fingerprint density at radius 1 is 0.861 bits per heavy atom. The number of imide groups is 1. The molecule has 1 aliphatic rings. The van der Waals surface area contributed by atoms with Gasteiger partial charge in [0.05, 0.1) is 12.8 Å². The Hall–Kier alpha value is -4.62. The molecule has 4 aromatic rings. The van der Waals surface area contributed by atoms with Gasteiger partial charge in [0.1, 0.15) is 16.5 Å². The number of para-hydroxylation sites is 2. The molecule has 0 spiro atoms. The number of ether oxygens (including phenoxy) is 1. The van der Waals surface area contributed by atoms with Gasteiger partial charge in [-0.15, -0.1) is 0 Å². The van der Waals surface area contributed by atoms with Crippen molar-refractivity contribution in [3.63, 3.8) is 0 Å². The molecule has 1 aliphatic heterocycles. The van der Waals surface area contributed by atoms with E-state index in [-0.39, 0.29) is 22.3 Å². The highest BCUT2D eigenvalue weighted by atomic mass is 35.5. The van der Waals surface area contributed by atoms with Gasteiger partial charge in [0, 0.05) is 22.3 Å². The molecule has 5 rings (SSSR count). The van der Waals surface area contributed by atoms with Crippen LogP contribution in [0.4, 0.5) is 17.1 Å². The lowest BCUT2D eigenvalue weighted by Gasteiger charge is -2.18. The molecule has 2 N–H and O–H groups in total. The van der Waals surface area contributed by atoms with Gasteiger partial charge in [0.25, 0.3) is 17.7 Å². The van der Waals surface area contributed by atoms with Crippen LogP contribution in [0, 0.1) is 0 Å². The molecule has 3 amide bonds. The van der Waals surface area contributed by atoms with E-state index in [4.69, 9.17) is 16.3 Å². The van der Waals surface area contributed by atoms with E-state index in [1.807, 2.05) is 42.5 Å². The lowest BCUT2D eigenvalue weighted by atomic mass is 10.1. The maximum atomic E-state index is 13.1. The minimum absolute atomic E-state index is 0.0841. The van der Waals surface area contributed by atoms with Gasteiger partial charge >= 0.3 is 0 Å². The van der Waals surface area contributed by atoms with Gasteiger partial charge in [0.2, 0.25) is 0 Å². The van der Waals surface area contributed by atoms with Crippen molar-refractivity contribution in [2.24, 2.45) is 0 Å². The largest absolute Gasteiger partial charge is 0.495 e. The number of anilines is 3. The van der Waals surface area contributed by atoms with Crippen molar-refractivity contribution < 1.29 is 19.1 Å². The summed E-state index contributed by atoms with van der Waals surface area (Å²) in [4.78, 5) is 39.9. The number of hydrogen-bond donors (Lipinski definition) is 2. The number of benzene rings is 4. The van der Waals surface area contributed by atoms with Crippen molar-refractivity contribution in [2.75, 3.05) is 22.6 Å². The van der Waals surface area contributed by atoms with Gasteiger partial charge in [-0.25, -0.2) is 4.90 Å². The van der Waals surface area contributed by atoms with Crippen LogP contribution < -0.4 is 20.3 Å². The van der Waals surface area contributed by atoms with Gasteiger partial charge < -0.3 is 15.4 Å². The molecule has 7 nitrogen and oxygen atoms in total. The molecule has 36 heavy (non-hydrogen) atoms. The first-order valence-corrected chi connectivity index (χ1v) is 11.4. The summed E-state index contributed by atoms with van der Waals surface area (Å²) in [5, 5.41) is 7.53. The first-order valence-electron chi connectivity index (χ1n) is 11.1. The van der Waals surface area contributed by atoms with E-state index < -0.39 is 11.8 Å². The van der Waals surface area contributed by atoms with E-state index in [1.54, 1.807) is 48.5 Å². The highest BCUT2D eigenvalue weighted by Crippen LogP contribution is 2.35. The number of nitrogens with one attached hydrogen (secondary N) is 2. The van der Waals surface area contributed by atoms with Crippen molar-refractivity contribution in [1.82, 2.24) is 0 Å². The van der Waals surface area contributed by atoms with Crippen molar-refractivity contribution in [2.45, 2.75) is 0 Å². The zero-order valence-corrected chi connectivity index (χ0v) is 19.9. The Balaban J connectivity index is 1.38. The molecule has 0 aromatic heterocycles. The first kappa shape index (κ1) is 23.1. The molecular weight excluding hydrogens is 478 g/mol. The number of carbonyl (C=O) groups excluding carboxylic acids is 3. The summed E-state index contributed by atoms with van der Waals surface area (Å²) in [6.45, 7) is 0. The molecule has 0 atom stereocenters. The van der Waals surface area contributed by atoms with Crippen molar-refractivity contribution >= 4 is 57.2 Å². The molecule has 0 radical (unpaired) electrons. The van der Waals surface area contributed by atoms with Crippen LogP contribution >= 0.6 is 11.6 Å². The molecule has 0 fully saturated rings. The number of halogens is 1. The maximum absolute atomic E-state index is 13.1. The molecular formula is C28H20ClN3O4. The number of fused-ring (bicyclic) bond motifs is 1. The predicted octanol–water partition coefficient (Wildman–Crippen LogP) is 5.54. The molecule has 0 saturated carbocycles. The van der Waals surface area contributed by atoms with Crippen LogP contribution in [0.25, 0.3) is 10.8 Å². The first-order chi connectivity index (χ1) is 17.5. The highest BCUT2D eigenvalue weighted by molar-refractivity contribution is 6.53. The van der Waals surface area contributed by atoms with Crippen LogP contribution in [0.3, 0.4) is 0 Å². The van der Waals surface area contributed by atoms with E-state index in [9.17, 15) is 14.4 Å². The second-order valence-corrected chi connectivity index (χ2v) is 8.37. The van der Waals surface area contributed by atoms with E-state index in [0.29, 0.717) is 22.7 Å². The maximum Gasteiger partial charge on any atom is 0.283 e. The number of methoxy groups -OCH3 is 1. The summed E-state index contributed by atoms with van der Waals surface area (Å²) in [5.74, 6) is -1.25. The fourth-order valence-corrected chi connectivity index (χ4v) is 4.27. The zero-order valence-electron chi connectivity index (χ0n) is 19.1.